The van der Waals surface area contributed by atoms with Gasteiger partial charge in [-0.2, -0.15) is 5.10 Å². The molecule has 0 aliphatic carbocycles. The first-order valence-electron chi connectivity index (χ1n) is 7.09. The Hall–Kier alpha value is -2.73. The zero-order chi connectivity index (χ0) is 16.1. The molecule has 0 spiro atoms. The van der Waals surface area contributed by atoms with Crippen LogP contribution >= 0.6 is 12.2 Å². The summed E-state index contributed by atoms with van der Waals surface area (Å²) in [5.74, 6) is -0.306. The Balaban J connectivity index is 1.64. The zero-order valence-electron chi connectivity index (χ0n) is 12.2. The molecule has 0 unspecified atom stereocenters. The highest BCUT2D eigenvalue weighted by atomic mass is 32.1. The molecular formula is C17H15FN4S. The summed E-state index contributed by atoms with van der Waals surface area (Å²) in [5.41, 5.74) is 2.58. The highest BCUT2D eigenvalue weighted by Gasteiger charge is 2.02. The van der Waals surface area contributed by atoms with Gasteiger partial charge in [0.15, 0.2) is 5.11 Å². The second kappa shape index (κ2) is 7.02. The van der Waals surface area contributed by atoms with Crippen molar-refractivity contribution in [3.05, 3.63) is 78.4 Å². The normalized spacial score (nSPS) is 10.3. The molecule has 23 heavy (non-hydrogen) atoms. The summed E-state index contributed by atoms with van der Waals surface area (Å²) in [7, 11) is 0. The van der Waals surface area contributed by atoms with Crippen LogP contribution in [0.25, 0.3) is 0 Å². The van der Waals surface area contributed by atoms with Crippen LogP contribution in [-0.2, 0) is 6.54 Å². The summed E-state index contributed by atoms with van der Waals surface area (Å²) in [6.07, 6.45) is 3.66. The van der Waals surface area contributed by atoms with Crippen LogP contribution in [0.2, 0.25) is 0 Å². The van der Waals surface area contributed by atoms with Crippen molar-refractivity contribution in [2.45, 2.75) is 6.54 Å². The predicted octanol–water partition coefficient (Wildman–Crippen LogP) is 3.88. The first-order chi connectivity index (χ1) is 11.2. The molecule has 1 aromatic heterocycles. The van der Waals surface area contributed by atoms with Gasteiger partial charge >= 0.3 is 0 Å². The summed E-state index contributed by atoms with van der Waals surface area (Å²) in [5, 5.41) is 10.7. The fourth-order valence-electron chi connectivity index (χ4n) is 2.19. The minimum atomic E-state index is -0.306. The van der Waals surface area contributed by atoms with Crippen LogP contribution in [0.1, 0.15) is 5.56 Å². The van der Waals surface area contributed by atoms with E-state index in [4.69, 9.17) is 12.2 Å². The van der Waals surface area contributed by atoms with E-state index in [1.54, 1.807) is 18.3 Å². The lowest BCUT2D eigenvalue weighted by molar-refractivity contribution is 0.628. The maximum atomic E-state index is 13.2. The largest absolute Gasteiger partial charge is 0.332 e. The maximum absolute atomic E-state index is 13.2. The van der Waals surface area contributed by atoms with Gasteiger partial charge in [0.25, 0.3) is 0 Å². The van der Waals surface area contributed by atoms with E-state index in [-0.39, 0.29) is 5.82 Å². The van der Waals surface area contributed by atoms with E-state index >= 15 is 0 Å². The topological polar surface area (TPSA) is 41.9 Å². The van der Waals surface area contributed by atoms with Crippen molar-refractivity contribution >= 4 is 28.7 Å². The number of rotatable bonds is 4. The molecule has 6 heteroatoms. The van der Waals surface area contributed by atoms with Crippen molar-refractivity contribution in [2.75, 3.05) is 10.6 Å². The van der Waals surface area contributed by atoms with Crippen molar-refractivity contribution in [3.63, 3.8) is 0 Å². The van der Waals surface area contributed by atoms with Crippen LogP contribution in [-0.4, -0.2) is 14.9 Å². The van der Waals surface area contributed by atoms with Gasteiger partial charge < -0.3 is 10.6 Å². The predicted molar refractivity (Wildman–Crippen MR) is 94.0 cm³/mol. The van der Waals surface area contributed by atoms with E-state index in [0.29, 0.717) is 17.3 Å². The summed E-state index contributed by atoms with van der Waals surface area (Å²) >= 11 is 5.26. The highest BCUT2D eigenvalue weighted by molar-refractivity contribution is 7.80. The minimum Gasteiger partial charge on any atom is -0.332 e. The molecule has 0 saturated heterocycles. The number of anilines is 2. The Morgan fingerprint density at radius 3 is 2.48 bits per heavy atom. The molecule has 3 aromatic rings. The molecule has 1 heterocycles. The van der Waals surface area contributed by atoms with Gasteiger partial charge in [0.05, 0.1) is 6.54 Å². The third-order valence-corrected chi connectivity index (χ3v) is 3.38. The van der Waals surface area contributed by atoms with Crippen molar-refractivity contribution in [3.8, 4) is 0 Å². The van der Waals surface area contributed by atoms with Crippen LogP contribution < -0.4 is 10.6 Å². The first kappa shape index (κ1) is 15.2. The third-order valence-electron chi connectivity index (χ3n) is 3.17. The number of aromatic nitrogens is 2. The molecule has 116 valence electrons. The fourth-order valence-corrected chi connectivity index (χ4v) is 2.42. The third kappa shape index (κ3) is 4.37. The number of hydrogen-bond acceptors (Lipinski definition) is 2. The molecule has 0 radical (unpaired) electrons. The number of hydrogen-bond donors (Lipinski definition) is 2. The van der Waals surface area contributed by atoms with E-state index in [1.165, 1.54) is 12.1 Å². The lowest BCUT2D eigenvalue weighted by Gasteiger charge is -2.11. The fraction of sp³-hybridized carbons (Fsp3) is 0.0588. The van der Waals surface area contributed by atoms with Gasteiger partial charge in [-0.05, 0) is 54.2 Å². The Labute approximate surface area is 139 Å². The smallest absolute Gasteiger partial charge is 0.175 e. The molecule has 0 fully saturated rings. The minimum absolute atomic E-state index is 0.306. The van der Waals surface area contributed by atoms with Gasteiger partial charge in [-0.25, -0.2) is 4.39 Å². The highest BCUT2D eigenvalue weighted by Crippen LogP contribution is 2.14. The molecule has 2 aromatic carbocycles. The molecular weight excluding hydrogens is 311 g/mol. The molecule has 0 amide bonds. The van der Waals surface area contributed by atoms with E-state index in [9.17, 15) is 4.39 Å². The zero-order valence-corrected chi connectivity index (χ0v) is 13.1. The van der Waals surface area contributed by atoms with Gasteiger partial charge in [-0.3, -0.25) is 4.68 Å². The van der Waals surface area contributed by atoms with Gasteiger partial charge in [0.2, 0.25) is 0 Å². The second-order valence-electron chi connectivity index (χ2n) is 4.99. The molecule has 0 atom stereocenters. The maximum Gasteiger partial charge on any atom is 0.175 e. The molecule has 0 aliphatic rings. The number of benzene rings is 2. The van der Waals surface area contributed by atoms with Gasteiger partial charge in [-0.1, -0.05) is 18.2 Å². The Morgan fingerprint density at radius 2 is 1.78 bits per heavy atom. The van der Waals surface area contributed by atoms with Crippen LogP contribution in [0.3, 0.4) is 0 Å². The molecule has 0 aliphatic heterocycles. The lowest BCUT2D eigenvalue weighted by atomic mass is 10.2. The van der Waals surface area contributed by atoms with Crippen LogP contribution in [0, 0.1) is 5.82 Å². The van der Waals surface area contributed by atoms with Crippen molar-refractivity contribution in [1.29, 1.82) is 0 Å². The Kier molecular flexibility index (Phi) is 4.63. The number of nitrogens with one attached hydrogen (secondary N) is 2. The van der Waals surface area contributed by atoms with Crippen LogP contribution in [0.4, 0.5) is 15.8 Å². The quantitative estimate of drug-likeness (QED) is 0.714. The average Bonchev–Trinajstić information content (AvgIpc) is 3.00. The summed E-state index contributed by atoms with van der Waals surface area (Å²) in [6, 6.07) is 16.0. The van der Waals surface area contributed by atoms with E-state index < -0.39 is 0 Å². The van der Waals surface area contributed by atoms with Crippen molar-refractivity contribution in [2.24, 2.45) is 0 Å². The van der Waals surface area contributed by atoms with E-state index in [2.05, 4.69) is 15.7 Å². The summed E-state index contributed by atoms with van der Waals surface area (Å²) in [6.45, 7) is 0.687. The summed E-state index contributed by atoms with van der Waals surface area (Å²) in [4.78, 5) is 0. The molecule has 3 rings (SSSR count). The molecule has 2 N–H and O–H groups in total. The Bertz CT molecular complexity index is 802. The monoisotopic (exact) mass is 326 g/mol. The SMILES string of the molecule is Fc1cccc(NC(=S)Nc2cccc(Cn3cccn3)c2)c1. The van der Waals surface area contributed by atoms with Crippen molar-refractivity contribution < 1.29 is 4.39 Å². The molecule has 0 saturated carbocycles. The van der Waals surface area contributed by atoms with E-state index in [0.717, 1.165) is 11.3 Å². The first-order valence-corrected chi connectivity index (χ1v) is 7.50. The second-order valence-corrected chi connectivity index (χ2v) is 5.40. The van der Waals surface area contributed by atoms with E-state index in [1.807, 2.05) is 41.2 Å². The standard InChI is InChI=1S/C17H15FN4S/c18-14-5-2-7-16(11-14)21-17(23)20-15-6-1-4-13(10-15)12-22-9-3-8-19-22/h1-11H,12H2,(H2,20,21,23). The van der Waals surface area contributed by atoms with Gasteiger partial charge in [0.1, 0.15) is 5.82 Å². The average molecular weight is 326 g/mol. The summed E-state index contributed by atoms with van der Waals surface area (Å²) < 4.78 is 15.0. The Morgan fingerprint density at radius 1 is 1.04 bits per heavy atom. The van der Waals surface area contributed by atoms with Crippen LogP contribution in [0.5, 0.6) is 0 Å². The van der Waals surface area contributed by atoms with Crippen LogP contribution in [0.15, 0.2) is 67.0 Å². The number of nitrogens with zero attached hydrogens (tertiary/aromatic N) is 2. The van der Waals surface area contributed by atoms with Crippen molar-refractivity contribution in [1.82, 2.24) is 9.78 Å². The van der Waals surface area contributed by atoms with Gasteiger partial charge in [-0.15, -0.1) is 0 Å². The lowest BCUT2D eigenvalue weighted by Crippen LogP contribution is -2.19. The molecule has 4 nitrogen and oxygen atoms in total. The number of thiocarbonyl (C=S) groups is 1. The number of halogens is 1. The van der Waals surface area contributed by atoms with Gasteiger partial charge in [0, 0.05) is 23.8 Å². The molecule has 0 bridgehead atoms.